The molecule has 7 heteroatoms. The van der Waals surface area contributed by atoms with Crippen LogP contribution in [0.3, 0.4) is 0 Å². The second-order valence-electron chi connectivity index (χ2n) is 6.09. The predicted molar refractivity (Wildman–Crippen MR) is 99.5 cm³/mol. The maximum atomic E-state index is 12.3. The summed E-state index contributed by atoms with van der Waals surface area (Å²) < 4.78 is 3.27. The summed E-state index contributed by atoms with van der Waals surface area (Å²) in [7, 11) is 1.80. The molecule has 0 saturated carbocycles. The summed E-state index contributed by atoms with van der Waals surface area (Å²) in [5, 5.41) is 12.4. The third-order valence-electron chi connectivity index (χ3n) is 4.17. The molecule has 0 aliphatic carbocycles. The maximum Gasteiger partial charge on any atom is 0.247 e. The number of carbonyl (C=O) groups excluding carboxylic acids is 1. The van der Waals surface area contributed by atoms with Crippen LogP contribution in [0, 0.1) is 6.92 Å². The molecule has 3 aromatic heterocycles. The molecule has 7 nitrogen and oxygen atoms in total. The van der Waals surface area contributed by atoms with Crippen LogP contribution in [0.25, 0.3) is 22.2 Å². The Balaban J connectivity index is 1.68. The van der Waals surface area contributed by atoms with Crippen molar-refractivity contribution in [2.45, 2.75) is 13.5 Å². The highest BCUT2D eigenvalue weighted by molar-refractivity contribution is 5.96. The first-order valence-electron chi connectivity index (χ1n) is 8.29. The van der Waals surface area contributed by atoms with Crippen molar-refractivity contribution in [3.63, 3.8) is 0 Å². The van der Waals surface area contributed by atoms with E-state index in [9.17, 15) is 4.79 Å². The number of benzene rings is 1. The summed E-state index contributed by atoms with van der Waals surface area (Å²) in [6, 6.07) is 13.8. The van der Waals surface area contributed by atoms with E-state index >= 15 is 0 Å². The van der Waals surface area contributed by atoms with Gasteiger partial charge in [-0.1, -0.05) is 30.3 Å². The van der Waals surface area contributed by atoms with Crippen molar-refractivity contribution in [2.75, 3.05) is 5.32 Å². The highest BCUT2D eigenvalue weighted by Gasteiger charge is 2.16. The Kier molecular flexibility index (Phi) is 3.96. The average Bonchev–Trinajstić information content (AvgIpc) is 3.19. The Labute approximate surface area is 150 Å². The Morgan fingerprint density at radius 1 is 1.12 bits per heavy atom. The highest BCUT2D eigenvalue weighted by Crippen LogP contribution is 2.29. The first kappa shape index (κ1) is 16.0. The van der Waals surface area contributed by atoms with Crippen LogP contribution in [0.5, 0.6) is 0 Å². The molecule has 130 valence electrons. The summed E-state index contributed by atoms with van der Waals surface area (Å²) in [4.78, 5) is 16.8. The van der Waals surface area contributed by atoms with Crippen LogP contribution in [0.1, 0.15) is 5.69 Å². The summed E-state index contributed by atoms with van der Waals surface area (Å²) in [6.07, 6.45) is 3.52. The Morgan fingerprint density at radius 3 is 2.65 bits per heavy atom. The van der Waals surface area contributed by atoms with Crippen LogP contribution >= 0.6 is 0 Å². The molecule has 0 aliphatic heterocycles. The molecule has 0 atom stereocenters. The molecule has 26 heavy (non-hydrogen) atoms. The number of fused-ring (bicyclic) bond motifs is 1. The van der Waals surface area contributed by atoms with Gasteiger partial charge in [0, 0.05) is 30.9 Å². The molecule has 4 aromatic rings. The zero-order valence-corrected chi connectivity index (χ0v) is 14.5. The van der Waals surface area contributed by atoms with Crippen molar-refractivity contribution in [3.05, 3.63) is 60.6 Å². The van der Waals surface area contributed by atoms with Gasteiger partial charge in [0.05, 0.1) is 5.69 Å². The van der Waals surface area contributed by atoms with Crippen molar-refractivity contribution in [1.29, 1.82) is 0 Å². The van der Waals surface area contributed by atoms with E-state index in [1.54, 1.807) is 34.9 Å². The van der Waals surface area contributed by atoms with Gasteiger partial charge in [-0.05, 0) is 24.1 Å². The van der Waals surface area contributed by atoms with Gasteiger partial charge in [-0.25, -0.2) is 9.67 Å². The lowest BCUT2D eigenvalue weighted by Gasteiger charge is -2.05. The molecule has 0 radical (unpaired) electrons. The number of nitrogens with one attached hydrogen (secondary N) is 1. The number of rotatable bonds is 4. The van der Waals surface area contributed by atoms with Gasteiger partial charge < -0.3 is 5.32 Å². The van der Waals surface area contributed by atoms with E-state index in [1.807, 2.05) is 31.2 Å². The standard InChI is InChI=1S/C19H18N6O/c1-13-18-15(14-6-4-3-5-7-14)8-10-20-19(18)25(22-13)12-17(26)21-16-9-11-24(2)23-16/h3-11H,12H2,1-2H3,(H,21,23,26). The van der Waals surface area contributed by atoms with Crippen LogP contribution in [0.4, 0.5) is 5.82 Å². The monoisotopic (exact) mass is 346 g/mol. The van der Waals surface area contributed by atoms with Gasteiger partial charge >= 0.3 is 0 Å². The minimum absolute atomic E-state index is 0.0756. The van der Waals surface area contributed by atoms with E-state index in [0.29, 0.717) is 11.5 Å². The van der Waals surface area contributed by atoms with Crippen LogP contribution in [0.2, 0.25) is 0 Å². The molecule has 0 unspecified atom stereocenters. The number of carbonyl (C=O) groups is 1. The molecule has 0 saturated heterocycles. The molecule has 1 amide bonds. The predicted octanol–water partition coefficient (Wildman–Crippen LogP) is 2.78. The molecule has 0 fully saturated rings. The molecule has 1 N–H and O–H groups in total. The highest BCUT2D eigenvalue weighted by atomic mass is 16.2. The quantitative estimate of drug-likeness (QED) is 0.616. The van der Waals surface area contributed by atoms with E-state index in [4.69, 9.17) is 0 Å². The number of nitrogens with zero attached hydrogens (tertiary/aromatic N) is 5. The third kappa shape index (κ3) is 2.95. The zero-order valence-electron chi connectivity index (χ0n) is 14.5. The molecular weight excluding hydrogens is 328 g/mol. The van der Waals surface area contributed by atoms with Gasteiger partial charge in [-0.15, -0.1) is 0 Å². The van der Waals surface area contributed by atoms with Crippen LogP contribution < -0.4 is 5.32 Å². The fourth-order valence-corrected chi connectivity index (χ4v) is 3.05. The molecule has 0 bridgehead atoms. The van der Waals surface area contributed by atoms with Crippen LogP contribution in [-0.4, -0.2) is 30.5 Å². The topological polar surface area (TPSA) is 77.6 Å². The lowest BCUT2D eigenvalue weighted by Crippen LogP contribution is -2.20. The van der Waals surface area contributed by atoms with Gasteiger partial charge in [0.2, 0.25) is 5.91 Å². The average molecular weight is 346 g/mol. The summed E-state index contributed by atoms with van der Waals surface area (Å²) in [5.41, 5.74) is 3.70. The Hall–Kier alpha value is -3.48. The number of hydrogen-bond acceptors (Lipinski definition) is 4. The van der Waals surface area contributed by atoms with Crippen molar-refractivity contribution < 1.29 is 4.79 Å². The molecule has 0 aliphatic rings. The molecule has 4 rings (SSSR count). The zero-order chi connectivity index (χ0) is 18.1. The molecule has 0 spiro atoms. The van der Waals surface area contributed by atoms with Crippen molar-refractivity contribution in [3.8, 4) is 11.1 Å². The van der Waals surface area contributed by atoms with Crippen molar-refractivity contribution >= 4 is 22.8 Å². The summed E-state index contributed by atoms with van der Waals surface area (Å²) >= 11 is 0. The normalized spacial score (nSPS) is 11.0. The van der Waals surface area contributed by atoms with E-state index in [2.05, 4.69) is 32.6 Å². The van der Waals surface area contributed by atoms with Gasteiger partial charge in [-0.3, -0.25) is 9.48 Å². The smallest absolute Gasteiger partial charge is 0.247 e. The van der Waals surface area contributed by atoms with Gasteiger partial charge in [0.15, 0.2) is 11.5 Å². The van der Waals surface area contributed by atoms with Crippen LogP contribution in [-0.2, 0) is 18.4 Å². The summed E-state index contributed by atoms with van der Waals surface area (Å²) in [6.45, 7) is 2.01. The number of anilines is 1. The fraction of sp³-hybridized carbons (Fsp3) is 0.158. The number of hydrogen-bond donors (Lipinski definition) is 1. The van der Waals surface area contributed by atoms with Crippen molar-refractivity contribution in [2.24, 2.45) is 7.05 Å². The van der Waals surface area contributed by atoms with Gasteiger partial charge in [0.1, 0.15) is 6.54 Å². The van der Waals surface area contributed by atoms with E-state index in [0.717, 1.165) is 22.2 Å². The summed E-state index contributed by atoms with van der Waals surface area (Å²) in [5.74, 6) is 0.323. The van der Waals surface area contributed by atoms with E-state index in [-0.39, 0.29) is 12.5 Å². The number of aromatic nitrogens is 5. The Morgan fingerprint density at radius 2 is 1.92 bits per heavy atom. The number of pyridine rings is 1. The molecular formula is C19H18N6O. The maximum absolute atomic E-state index is 12.3. The Bertz CT molecular complexity index is 1080. The largest absolute Gasteiger partial charge is 0.308 e. The lowest BCUT2D eigenvalue weighted by molar-refractivity contribution is -0.116. The second-order valence-corrected chi connectivity index (χ2v) is 6.09. The third-order valence-corrected chi connectivity index (χ3v) is 4.17. The number of aryl methyl sites for hydroxylation is 2. The first-order chi connectivity index (χ1) is 12.6. The minimum Gasteiger partial charge on any atom is -0.308 e. The fourth-order valence-electron chi connectivity index (χ4n) is 3.05. The van der Waals surface area contributed by atoms with Crippen LogP contribution in [0.15, 0.2) is 54.9 Å². The second kappa shape index (κ2) is 6.44. The van der Waals surface area contributed by atoms with Gasteiger partial charge in [-0.2, -0.15) is 10.2 Å². The first-order valence-corrected chi connectivity index (χ1v) is 8.29. The molecule has 1 aromatic carbocycles. The van der Waals surface area contributed by atoms with Crippen molar-refractivity contribution in [1.82, 2.24) is 24.5 Å². The SMILES string of the molecule is Cc1nn(CC(=O)Nc2ccn(C)n2)c2nccc(-c3ccccc3)c12. The lowest BCUT2D eigenvalue weighted by atomic mass is 10.0. The van der Waals surface area contributed by atoms with E-state index in [1.165, 1.54) is 0 Å². The minimum atomic E-state index is -0.194. The molecule has 3 heterocycles. The number of amides is 1. The van der Waals surface area contributed by atoms with E-state index < -0.39 is 0 Å². The van der Waals surface area contributed by atoms with Gasteiger partial charge in [0.25, 0.3) is 0 Å².